The Labute approximate surface area is 142 Å². The second-order valence-electron chi connectivity index (χ2n) is 6.12. The number of carboxylic acid groups (broad SMARTS) is 1. The second-order valence-corrected chi connectivity index (χ2v) is 7.12. The Hall–Kier alpha value is -2.65. The van der Waals surface area contributed by atoms with Crippen LogP contribution in [0.3, 0.4) is 0 Å². The van der Waals surface area contributed by atoms with Gasteiger partial charge in [-0.3, -0.25) is 0 Å². The lowest BCUT2D eigenvalue weighted by Crippen LogP contribution is -2.15. The van der Waals surface area contributed by atoms with Crippen molar-refractivity contribution in [3.05, 3.63) is 40.5 Å². The number of nitriles is 1. The molecule has 1 fully saturated rings. The summed E-state index contributed by atoms with van der Waals surface area (Å²) in [6.07, 6.45) is 5.49. The number of carbonyl (C=O) groups is 1. The number of rotatable bonds is 3. The molecule has 120 valence electrons. The van der Waals surface area contributed by atoms with E-state index < -0.39 is 5.97 Å². The lowest BCUT2D eigenvalue weighted by atomic mass is 9.93. The van der Waals surface area contributed by atoms with Crippen molar-refractivity contribution in [2.45, 2.75) is 32.2 Å². The molecule has 2 aromatic heterocycles. The Bertz CT molecular complexity index is 1010. The van der Waals surface area contributed by atoms with Crippen LogP contribution < -0.4 is 0 Å². The molecule has 0 unspecified atom stereocenters. The van der Waals surface area contributed by atoms with Gasteiger partial charge in [0.2, 0.25) is 0 Å². The maximum Gasteiger partial charge on any atom is 0.347 e. The molecule has 0 bridgehead atoms. The Balaban J connectivity index is 1.85. The number of nitrogens with zero attached hydrogens (tertiary/aromatic N) is 3. The van der Waals surface area contributed by atoms with E-state index in [1.165, 1.54) is 17.8 Å². The summed E-state index contributed by atoms with van der Waals surface area (Å²) >= 11 is 1.17. The van der Waals surface area contributed by atoms with Crippen molar-refractivity contribution in [1.29, 1.82) is 5.26 Å². The molecular formula is C18H15N3O2S. The van der Waals surface area contributed by atoms with Gasteiger partial charge < -0.3 is 9.67 Å². The third-order valence-electron chi connectivity index (χ3n) is 4.66. The van der Waals surface area contributed by atoms with Gasteiger partial charge in [0.25, 0.3) is 0 Å². The predicted octanol–water partition coefficient (Wildman–Crippen LogP) is 4.37. The second kappa shape index (κ2) is 5.46. The highest BCUT2D eigenvalue weighted by Crippen LogP contribution is 2.37. The van der Waals surface area contributed by atoms with Gasteiger partial charge in [0.15, 0.2) is 0 Å². The zero-order valence-electron chi connectivity index (χ0n) is 13.1. The van der Waals surface area contributed by atoms with E-state index in [1.807, 2.05) is 24.4 Å². The van der Waals surface area contributed by atoms with E-state index in [2.05, 4.69) is 15.6 Å². The molecule has 0 saturated heterocycles. The third-order valence-corrected chi connectivity index (χ3v) is 5.85. The molecule has 0 aliphatic heterocycles. The maximum absolute atomic E-state index is 11.2. The summed E-state index contributed by atoms with van der Waals surface area (Å²) in [5.41, 5.74) is 3.10. The van der Waals surface area contributed by atoms with Crippen molar-refractivity contribution < 1.29 is 9.90 Å². The molecule has 1 aliphatic carbocycles. The lowest BCUT2D eigenvalue weighted by Gasteiger charge is -2.27. The number of thiazole rings is 1. The van der Waals surface area contributed by atoms with Crippen LogP contribution in [0.15, 0.2) is 24.4 Å². The van der Waals surface area contributed by atoms with Crippen LogP contribution in [0.4, 0.5) is 0 Å². The summed E-state index contributed by atoms with van der Waals surface area (Å²) in [6, 6.07) is 8.69. The van der Waals surface area contributed by atoms with Crippen molar-refractivity contribution in [2.75, 3.05) is 0 Å². The van der Waals surface area contributed by atoms with Crippen LogP contribution >= 0.6 is 11.3 Å². The van der Waals surface area contributed by atoms with Gasteiger partial charge >= 0.3 is 5.97 Å². The van der Waals surface area contributed by atoms with Crippen molar-refractivity contribution in [2.24, 2.45) is 0 Å². The zero-order chi connectivity index (χ0) is 16.8. The molecular weight excluding hydrogens is 322 g/mol. The Morgan fingerprint density at radius 3 is 2.83 bits per heavy atom. The van der Waals surface area contributed by atoms with Gasteiger partial charge in [0, 0.05) is 28.7 Å². The summed E-state index contributed by atoms with van der Waals surface area (Å²) in [4.78, 5) is 15.9. The fourth-order valence-electron chi connectivity index (χ4n) is 3.16. The topological polar surface area (TPSA) is 78.9 Å². The number of aryl methyl sites for hydroxylation is 1. The highest BCUT2D eigenvalue weighted by Gasteiger charge is 2.23. The monoisotopic (exact) mass is 337 g/mol. The summed E-state index contributed by atoms with van der Waals surface area (Å²) in [5.74, 6) is -0.953. The molecule has 4 rings (SSSR count). The maximum atomic E-state index is 11.2. The molecule has 5 nitrogen and oxygen atoms in total. The first-order valence-corrected chi connectivity index (χ1v) is 8.66. The molecule has 1 N–H and O–H groups in total. The number of benzene rings is 1. The summed E-state index contributed by atoms with van der Waals surface area (Å²) in [7, 11) is 0. The molecule has 0 amide bonds. The van der Waals surface area contributed by atoms with E-state index in [0.717, 1.165) is 29.3 Å². The first kappa shape index (κ1) is 14.9. The van der Waals surface area contributed by atoms with Gasteiger partial charge in [0.1, 0.15) is 16.0 Å². The van der Waals surface area contributed by atoms with Crippen molar-refractivity contribution >= 4 is 28.2 Å². The predicted molar refractivity (Wildman–Crippen MR) is 92.3 cm³/mol. The number of carboxylic acids is 1. The van der Waals surface area contributed by atoms with Crippen LogP contribution in [0.2, 0.25) is 0 Å². The van der Waals surface area contributed by atoms with E-state index in [9.17, 15) is 15.2 Å². The molecule has 1 aromatic carbocycles. The van der Waals surface area contributed by atoms with Crippen LogP contribution in [0.25, 0.3) is 21.5 Å². The van der Waals surface area contributed by atoms with E-state index >= 15 is 0 Å². The fourth-order valence-corrected chi connectivity index (χ4v) is 4.06. The van der Waals surface area contributed by atoms with Gasteiger partial charge in [0.05, 0.1) is 11.3 Å². The van der Waals surface area contributed by atoms with Crippen LogP contribution in [0, 0.1) is 18.3 Å². The normalized spacial score (nSPS) is 14.5. The molecule has 6 heteroatoms. The Morgan fingerprint density at radius 1 is 1.46 bits per heavy atom. The van der Waals surface area contributed by atoms with Crippen molar-refractivity contribution in [3.63, 3.8) is 0 Å². The minimum Gasteiger partial charge on any atom is -0.477 e. The summed E-state index contributed by atoms with van der Waals surface area (Å²) < 4.78 is 2.21. The number of fused-ring (bicyclic) bond motifs is 1. The average Bonchev–Trinajstić information content (AvgIpc) is 3.06. The fraction of sp³-hybridized carbons (Fsp3) is 0.278. The van der Waals surface area contributed by atoms with Gasteiger partial charge in [-0.1, -0.05) is 0 Å². The molecule has 0 radical (unpaired) electrons. The van der Waals surface area contributed by atoms with Crippen molar-refractivity contribution in [1.82, 2.24) is 9.55 Å². The average molecular weight is 337 g/mol. The molecule has 24 heavy (non-hydrogen) atoms. The van der Waals surface area contributed by atoms with Crippen LogP contribution in [0.1, 0.15) is 46.2 Å². The molecule has 1 saturated carbocycles. The third kappa shape index (κ3) is 2.21. The zero-order valence-corrected chi connectivity index (χ0v) is 13.9. The van der Waals surface area contributed by atoms with Crippen LogP contribution in [0.5, 0.6) is 0 Å². The van der Waals surface area contributed by atoms with E-state index in [4.69, 9.17) is 0 Å². The Kier molecular flexibility index (Phi) is 3.39. The SMILES string of the molecule is Cc1nc(-c2ccc3c(c2)c(C#N)cn3C2CCC2)sc1C(=O)O. The van der Waals surface area contributed by atoms with Gasteiger partial charge in [-0.05, 0) is 44.4 Å². The van der Waals surface area contributed by atoms with Crippen LogP contribution in [-0.2, 0) is 0 Å². The van der Waals surface area contributed by atoms with E-state index in [-0.39, 0.29) is 4.88 Å². The van der Waals surface area contributed by atoms with Gasteiger partial charge in [-0.25, -0.2) is 9.78 Å². The number of hydrogen-bond acceptors (Lipinski definition) is 4. The molecule has 0 atom stereocenters. The Morgan fingerprint density at radius 2 is 2.25 bits per heavy atom. The minimum atomic E-state index is -0.953. The van der Waals surface area contributed by atoms with E-state index in [1.54, 1.807) is 6.92 Å². The molecule has 0 spiro atoms. The molecule has 2 heterocycles. The highest BCUT2D eigenvalue weighted by atomic mass is 32.1. The molecule has 3 aromatic rings. The van der Waals surface area contributed by atoms with Crippen LogP contribution in [-0.4, -0.2) is 20.6 Å². The largest absolute Gasteiger partial charge is 0.477 e. The molecule has 1 aliphatic rings. The summed E-state index contributed by atoms with van der Waals surface area (Å²) in [5, 5.41) is 20.2. The minimum absolute atomic E-state index is 0.262. The van der Waals surface area contributed by atoms with Gasteiger partial charge in [-0.15, -0.1) is 11.3 Å². The quantitative estimate of drug-likeness (QED) is 0.770. The number of hydrogen-bond donors (Lipinski definition) is 1. The van der Waals surface area contributed by atoms with Crippen molar-refractivity contribution in [3.8, 4) is 16.6 Å². The lowest BCUT2D eigenvalue weighted by molar-refractivity contribution is 0.0701. The first-order chi connectivity index (χ1) is 11.6. The number of aromatic nitrogens is 2. The summed E-state index contributed by atoms with van der Waals surface area (Å²) in [6.45, 7) is 1.70. The standard InChI is InChI=1S/C18H15N3O2S/c1-10-16(18(22)23)24-17(20-10)11-5-6-15-14(7-11)12(8-19)9-21(15)13-3-2-4-13/h5-7,9,13H,2-4H2,1H3,(H,22,23). The van der Waals surface area contributed by atoms with E-state index in [0.29, 0.717) is 22.3 Å². The van der Waals surface area contributed by atoms with Gasteiger partial charge in [-0.2, -0.15) is 5.26 Å². The number of aromatic carboxylic acids is 1. The highest BCUT2D eigenvalue weighted by molar-refractivity contribution is 7.17. The first-order valence-electron chi connectivity index (χ1n) is 7.84. The smallest absolute Gasteiger partial charge is 0.347 e.